The SMILES string of the molecule is CCNC(=NCC1(CCOCC)CC1)N1CCN(CC(=O)N2CC(C)CC(C)C2)CC1. The first-order valence-corrected chi connectivity index (χ1v) is 12.6. The molecule has 1 saturated carbocycles. The summed E-state index contributed by atoms with van der Waals surface area (Å²) >= 11 is 0. The van der Waals surface area contributed by atoms with Gasteiger partial charge in [0.05, 0.1) is 6.54 Å². The first-order valence-electron chi connectivity index (χ1n) is 12.6. The van der Waals surface area contributed by atoms with E-state index in [-0.39, 0.29) is 0 Å². The summed E-state index contributed by atoms with van der Waals surface area (Å²) in [5, 5.41) is 3.49. The summed E-state index contributed by atoms with van der Waals surface area (Å²) < 4.78 is 5.57. The van der Waals surface area contributed by atoms with Gasteiger partial charge in [-0.25, -0.2) is 0 Å². The molecule has 31 heavy (non-hydrogen) atoms. The molecule has 1 N–H and O–H groups in total. The molecule has 0 spiro atoms. The molecule has 3 fully saturated rings. The third-order valence-corrected chi connectivity index (χ3v) is 7.09. The van der Waals surface area contributed by atoms with Gasteiger partial charge in [-0.15, -0.1) is 0 Å². The molecule has 1 aliphatic carbocycles. The molecule has 0 aromatic carbocycles. The van der Waals surface area contributed by atoms with Crippen molar-refractivity contribution in [2.24, 2.45) is 22.2 Å². The van der Waals surface area contributed by atoms with Crippen LogP contribution in [0.15, 0.2) is 4.99 Å². The minimum Gasteiger partial charge on any atom is -0.382 e. The number of carbonyl (C=O) groups is 1. The Morgan fingerprint density at radius 3 is 2.32 bits per heavy atom. The van der Waals surface area contributed by atoms with Crippen LogP contribution in [-0.4, -0.2) is 98.7 Å². The number of amides is 1. The second-order valence-corrected chi connectivity index (χ2v) is 10.1. The molecular weight excluding hydrogens is 390 g/mol. The number of nitrogens with one attached hydrogen (secondary N) is 1. The van der Waals surface area contributed by atoms with E-state index in [0.717, 1.165) is 78.0 Å². The Bertz CT molecular complexity index is 589. The fraction of sp³-hybridized carbons (Fsp3) is 0.917. The second-order valence-electron chi connectivity index (χ2n) is 10.1. The van der Waals surface area contributed by atoms with Crippen molar-refractivity contribution in [2.45, 2.75) is 53.4 Å². The summed E-state index contributed by atoms with van der Waals surface area (Å²) in [5.41, 5.74) is 0.368. The fourth-order valence-corrected chi connectivity index (χ4v) is 5.04. The Hall–Kier alpha value is -1.34. The van der Waals surface area contributed by atoms with Crippen LogP contribution >= 0.6 is 0 Å². The summed E-state index contributed by atoms with van der Waals surface area (Å²) in [4.78, 5) is 24.6. The van der Waals surface area contributed by atoms with E-state index in [4.69, 9.17) is 9.73 Å². The Morgan fingerprint density at radius 2 is 1.74 bits per heavy atom. The Kier molecular flexibility index (Phi) is 9.02. The molecule has 0 aromatic heterocycles. The topological polar surface area (TPSA) is 60.4 Å². The van der Waals surface area contributed by atoms with E-state index in [0.29, 0.717) is 29.7 Å². The maximum absolute atomic E-state index is 12.8. The lowest BCUT2D eigenvalue weighted by atomic mass is 9.92. The van der Waals surface area contributed by atoms with Gasteiger partial charge in [0.1, 0.15) is 0 Å². The van der Waals surface area contributed by atoms with Crippen molar-refractivity contribution < 1.29 is 9.53 Å². The normalized spacial score (nSPS) is 26.8. The molecule has 2 atom stereocenters. The van der Waals surface area contributed by atoms with Gasteiger partial charge in [-0.3, -0.25) is 14.7 Å². The number of hydrogen-bond acceptors (Lipinski definition) is 4. The number of piperazine rings is 1. The van der Waals surface area contributed by atoms with Gasteiger partial charge >= 0.3 is 0 Å². The number of ether oxygens (including phenoxy) is 1. The summed E-state index contributed by atoms with van der Waals surface area (Å²) in [7, 11) is 0. The van der Waals surface area contributed by atoms with E-state index >= 15 is 0 Å². The molecule has 7 nitrogen and oxygen atoms in total. The van der Waals surface area contributed by atoms with E-state index in [2.05, 4.69) is 47.7 Å². The zero-order valence-electron chi connectivity index (χ0n) is 20.4. The minimum absolute atomic E-state index is 0.303. The van der Waals surface area contributed by atoms with Crippen LogP contribution < -0.4 is 5.32 Å². The number of rotatable bonds is 9. The summed E-state index contributed by atoms with van der Waals surface area (Å²) in [6, 6.07) is 0. The van der Waals surface area contributed by atoms with E-state index in [1.54, 1.807) is 0 Å². The van der Waals surface area contributed by atoms with Crippen molar-refractivity contribution in [1.82, 2.24) is 20.0 Å². The molecule has 7 heteroatoms. The molecular formula is C24H45N5O2. The number of likely N-dealkylation sites (tertiary alicyclic amines) is 1. The van der Waals surface area contributed by atoms with Crippen molar-refractivity contribution in [2.75, 3.05) is 72.1 Å². The van der Waals surface area contributed by atoms with Crippen molar-refractivity contribution in [3.8, 4) is 0 Å². The van der Waals surface area contributed by atoms with Crippen LogP contribution in [0.4, 0.5) is 0 Å². The number of carbonyl (C=O) groups excluding carboxylic acids is 1. The summed E-state index contributed by atoms with van der Waals surface area (Å²) in [6.45, 7) is 18.2. The van der Waals surface area contributed by atoms with E-state index in [9.17, 15) is 4.79 Å². The number of nitrogens with zero attached hydrogens (tertiary/aromatic N) is 4. The molecule has 2 aliphatic heterocycles. The molecule has 3 rings (SSSR count). The predicted molar refractivity (Wildman–Crippen MR) is 126 cm³/mol. The number of guanidine groups is 1. The highest BCUT2D eigenvalue weighted by atomic mass is 16.5. The lowest BCUT2D eigenvalue weighted by molar-refractivity contribution is -0.135. The molecule has 1 amide bonds. The van der Waals surface area contributed by atoms with Crippen molar-refractivity contribution >= 4 is 11.9 Å². The van der Waals surface area contributed by atoms with Crippen LogP contribution in [-0.2, 0) is 9.53 Å². The van der Waals surface area contributed by atoms with E-state index in [1.807, 2.05) is 0 Å². The maximum Gasteiger partial charge on any atom is 0.236 e. The van der Waals surface area contributed by atoms with Gasteiger partial charge in [0.2, 0.25) is 5.91 Å². The van der Waals surface area contributed by atoms with Crippen LogP contribution in [0.2, 0.25) is 0 Å². The van der Waals surface area contributed by atoms with Gasteiger partial charge in [0, 0.05) is 65.6 Å². The lowest BCUT2D eigenvalue weighted by Crippen LogP contribution is -2.55. The first kappa shape index (κ1) is 24.3. The summed E-state index contributed by atoms with van der Waals surface area (Å²) in [5.74, 6) is 2.57. The summed E-state index contributed by atoms with van der Waals surface area (Å²) in [6.07, 6.45) is 4.90. The third kappa shape index (κ3) is 7.35. The zero-order chi connectivity index (χ0) is 22.3. The van der Waals surface area contributed by atoms with Crippen LogP contribution in [0, 0.1) is 17.3 Å². The van der Waals surface area contributed by atoms with Gasteiger partial charge in [0.25, 0.3) is 0 Å². The van der Waals surface area contributed by atoms with Crippen LogP contribution in [0.3, 0.4) is 0 Å². The zero-order valence-corrected chi connectivity index (χ0v) is 20.4. The molecule has 3 aliphatic rings. The van der Waals surface area contributed by atoms with Crippen molar-refractivity contribution in [1.29, 1.82) is 0 Å². The van der Waals surface area contributed by atoms with Gasteiger partial charge in [-0.05, 0) is 56.8 Å². The minimum atomic E-state index is 0.303. The molecule has 178 valence electrons. The van der Waals surface area contributed by atoms with Crippen LogP contribution in [0.25, 0.3) is 0 Å². The van der Waals surface area contributed by atoms with E-state index in [1.165, 1.54) is 19.3 Å². The van der Waals surface area contributed by atoms with Crippen molar-refractivity contribution in [3.05, 3.63) is 0 Å². The molecule has 0 bridgehead atoms. The van der Waals surface area contributed by atoms with Crippen molar-refractivity contribution in [3.63, 3.8) is 0 Å². The largest absolute Gasteiger partial charge is 0.382 e. The highest BCUT2D eigenvalue weighted by molar-refractivity contribution is 5.80. The molecule has 2 unspecified atom stereocenters. The highest BCUT2D eigenvalue weighted by Crippen LogP contribution is 2.49. The maximum atomic E-state index is 12.8. The lowest BCUT2D eigenvalue weighted by Gasteiger charge is -2.39. The highest BCUT2D eigenvalue weighted by Gasteiger charge is 2.42. The standard InChI is InChI=1S/C24H45N5O2/c1-5-25-23(26-19-24(7-8-24)9-14-31-6-2)28-12-10-27(11-13-28)18-22(30)29-16-20(3)15-21(4)17-29/h20-21H,5-19H2,1-4H3,(H,25,26). The van der Waals surface area contributed by atoms with Crippen LogP contribution in [0.5, 0.6) is 0 Å². The van der Waals surface area contributed by atoms with Gasteiger partial charge in [0.15, 0.2) is 5.96 Å². The number of piperidine rings is 1. The monoisotopic (exact) mass is 435 g/mol. The van der Waals surface area contributed by atoms with E-state index < -0.39 is 0 Å². The Morgan fingerprint density at radius 1 is 1.06 bits per heavy atom. The second kappa shape index (κ2) is 11.5. The predicted octanol–water partition coefficient (Wildman–Crippen LogP) is 2.28. The fourth-order valence-electron chi connectivity index (χ4n) is 5.04. The molecule has 2 heterocycles. The average molecular weight is 436 g/mol. The smallest absolute Gasteiger partial charge is 0.236 e. The average Bonchev–Trinajstić information content (AvgIpc) is 3.51. The first-order chi connectivity index (χ1) is 14.9. The Balaban J connectivity index is 1.45. The van der Waals surface area contributed by atoms with Gasteiger partial charge in [-0.2, -0.15) is 0 Å². The molecule has 0 radical (unpaired) electrons. The third-order valence-electron chi connectivity index (χ3n) is 7.09. The number of aliphatic imine (C=N–C) groups is 1. The quantitative estimate of drug-likeness (QED) is 0.342. The molecule has 2 saturated heterocycles. The molecule has 0 aromatic rings. The van der Waals surface area contributed by atoms with Gasteiger partial charge in [-0.1, -0.05) is 13.8 Å². The Labute approximate surface area is 189 Å². The van der Waals surface area contributed by atoms with Gasteiger partial charge < -0.3 is 19.9 Å². The van der Waals surface area contributed by atoms with Crippen LogP contribution in [0.1, 0.15) is 53.4 Å². The number of hydrogen-bond donors (Lipinski definition) is 1.